The van der Waals surface area contributed by atoms with E-state index in [2.05, 4.69) is 38.4 Å². The van der Waals surface area contributed by atoms with E-state index in [4.69, 9.17) is 0 Å². The molecular formula is C21H24N4OS2. The number of hydrogen-bond acceptors (Lipinski definition) is 6. The lowest BCUT2D eigenvalue weighted by atomic mass is 10.2. The normalized spacial score (nSPS) is 14.8. The maximum absolute atomic E-state index is 12.2. The maximum atomic E-state index is 12.2. The smallest absolute Gasteiger partial charge is 0.230 e. The van der Waals surface area contributed by atoms with Crippen LogP contribution in [0.25, 0.3) is 10.2 Å². The third-order valence-corrected chi connectivity index (χ3v) is 7.01. The first-order chi connectivity index (χ1) is 13.8. The predicted octanol–water partition coefficient (Wildman–Crippen LogP) is 4.48. The van der Waals surface area contributed by atoms with Crippen LogP contribution in [0.5, 0.6) is 0 Å². The zero-order valence-corrected chi connectivity index (χ0v) is 17.4. The average Bonchev–Trinajstić information content (AvgIpc) is 2.95. The molecule has 7 heteroatoms. The Bertz CT molecular complexity index is 885. The summed E-state index contributed by atoms with van der Waals surface area (Å²) in [6.07, 6.45) is 6.99. The van der Waals surface area contributed by atoms with Crippen LogP contribution in [-0.4, -0.2) is 34.7 Å². The average molecular weight is 413 g/mol. The molecule has 1 amide bonds. The molecule has 0 aliphatic carbocycles. The Hall–Kier alpha value is -2.12. The number of carbonyl (C=O) groups excluding carboxylic acids is 1. The molecule has 1 N–H and O–H groups in total. The summed E-state index contributed by atoms with van der Waals surface area (Å²) in [5.74, 6) is 1.43. The quantitative estimate of drug-likeness (QED) is 0.605. The van der Waals surface area contributed by atoms with Gasteiger partial charge in [0.15, 0.2) is 4.34 Å². The number of hydrogen-bond donors (Lipinski definition) is 1. The molecule has 0 atom stereocenters. The number of thioether (sulfide) groups is 1. The third kappa shape index (κ3) is 5.02. The molecule has 0 spiro atoms. The van der Waals surface area contributed by atoms with E-state index in [0.29, 0.717) is 12.3 Å². The van der Waals surface area contributed by atoms with Gasteiger partial charge in [-0.05, 0) is 36.6 Å². The van der Waals surface area contributed by atoms with Gasteiger partial charge in [0.1, 0.15) is 5.82 Å². The van der Waals surface area contributed by atoms with Gasteiger partial charge in [0.2, 0.25) is 5.91 Å². The van der Waals surface area contributed by atoms with E-state index in [-0.39, 0.29) is 5.91 Å². The molecule has 1 aliphatic rings. The first-order valence-corrected chi connectivity index (χ1v) is 11.5. The Labute approximate surface area is 173 Å². The molecule has 146 valence electrons. The van der Waals surface area contributed by atoms with Gasteiger partial charge in [-0.1, -0.05) is 42.8 Å². The Morgan fingerprint density at radius 2 is 1.93 bits per heavy atom. The fourth-order valence-corrected chi connectivity index (χ4v) is 5.20. The van der Waals surface area contributed by atoms with Crippen molar-refractivity contribution in [1.82, 2.24) is 15.3 Å². The number of carbonyl (C=O) groups is 1. The fraction of sp³-hybridized carbons (Fsp3) is 0.381. The summed E-state index contributed by atoms with van der Waals surface area (Å²) in [5, 5.41) is 2.98. The van der Waals surface area contributed by atoms with Crippen LogP contribution < -0.4 is 10.2 Å². The largest absolute Gasteiger partial charge is 0.357 e. The lowest BCUT2D eigenvalue weighted by Gasteiger charge is -2.21. The van der Waals surface area contributed by atoms with Crippen LogP contribution >= 0.6 is 23.1 Å². The van der Waals surface area contributed by atoms with Gasteiger partial charge < -0.3 is 10.2 Å². The summed E-state index contributed by atoms with van der Waals surface area (Å²) in [6.45, 7) is 2.69. The van der Waals surface area contributed by atoms with Gasteiger partial charge in [-0.2, -0.15) is 0 Å². The van der Waals surface area contributed by atoms with E-state index in [1.54, 1.807) is 11.3 Å². The van der Waals surface area contributed by atoms with Gasteiger partial charge in [-0.25, -0.2) is 9.97 Å². The number of nitrogens with one attached hydrogen (secondary N) is 1. The number of nitrogens with zero attached hydrogens (tertiary/aromatic N) is 3. The molecule has 3 heterocycles. The van der Waals surface area contributed by atoms with Crippen molar-refractivity contribution < 1.29 is 4.79 Å². The first-order valence-electron chi connectivity index (χ1n) is 9.73. The maximum Gasteiger partial charge on any atom is 0.230 e. The van der Waals surface area contributed by atoms with E-state index in [0.717, 1.165) is 39.0 Å². The zero-order chi connectivity index (χ0) is 19.2. The molecular weight excluding hydrogens is 388 g/mol. The summed E-state index contributed by atoms with van der Waals surface area (Å²) in [5.41, 5.74) is 2.02. The number of rotatable bonds is 6. The van der Waals surface area contributed by atoms with Crippen LogP contribution in [0, 0.1) is 0 Å². The van der Waals surface area contributed by atoms with Crippen LogP contribution in [0.1, 0.15) is 31.2 Å². The third-order valence-electron chi connectivity index (χ3n) is 4.83. The molecule has 1 saturated heterocycles. The lowest BCUT2D eigenvalue weighted by molar-refractivity contribution is -0.118. The number of thiazole rings is 1. The molecule has 3 aromatic rings. The fourth-order valence-electron chi connectivity index (χ4n) is 3.30. The van der Waals surface area contributed by atoms with Crippen molar-refractivity contribution >= 4 is 45.0 Å². The molecule has 0 saturated carbocycles. The molecule has 5 nitrogen and oxygen atoms in total. The van der Waals surface area contributed by atoms with Gasteiger partial charge in [0, 0.05) is 25.8 Å². The van der Waals surface area contributed by atoms with Gasteiger partial charge in [-0.15, -0.1) is 11.3 Å². The number of benzene rings is 1. The van der Waals surface area contributed by atoms with Crippen LogP contribution in [0.2, 0.25) is 0 Å². The summed E-state index contributed by atoms with van der Waals surface area (Å²) in [7, 11) is 0. The monoisotopic (exact) mass is 412 g/mol. The number of para-hydroxylation sites is 1. The highest BCUT2D eigenvalue weighted by Gasteiger charge is 2.11. The van der Waals surface area contributed by atoms with E-state index in [1.807, 2.05) is 24.4 Å². The first kappa shape index (κ1) is 19.2. The highest BCUT2D eigenvalue weighted by Crippen LogP contribution is 2.29. The predicted molar refractivity (Wildman–Crippen MR) is 117 cm³/mol. The SMILES string of the molecule is O=C(CSc1nc2ccccc2s1)NCc1ccc(N2CCCCCC2)nc1. The highest BCUT2D eigenvalue weighted by molar-refractivity contribution is 8.01. The van der Waals surface area contributed by atoms with Crippen molar-refractivity contribution in [2.45, 2.75) is 36.6 Å². The summed E-state index contributed by atoms with van der Waals surface area (Å²) in [4.78, 5) is 23.7. The number of pyridine rings is 1. The van der Waals surface area contributed by atoms with Crippen molar-refractivity contribution in [3.63, 3.8) is 0 Å². The van der Waals surface area contributed by atoms with Crippen LogP contribution in [0.3, 0.4) is 0 Å². The second-order valence-corrected chi connectivity index (χ2v) is 9.19. The van der Waals surface area contributed by atoms with Gasteiger partial charge in [-0.3, -0.25) is 4.79 Å². The topological polar surface area (TPSA) is 58.1 Å². The summed E-state index contributed by atoms with van der Waals surface area (Å²) >= 11 is 3.11. The summed E-state index contributed by atoms with van der Waals surface area (Å²) in [6, 6.07) is 12.2. The van der Waals surface area contributed by atoms with E-state index in [9.17, 15) is 4.79 Å². The van der Waals surface area contributed by atoms with Gasteiger partial charge >= 0.3 is 0 Å². The minimum Gasteiger partial charge on any atom is -0.357 e. The van der Waals surface area contributed by atoms with E-state index < -0.39 is 0 Å². The van der Waals surface area contributed by atoms with Crippen molar-refractivity contribution in [3.8, 4) is 0 Å². The Kier molecular flexibility index (Phi) is 6.44. The number of amides is 1. The van der Waals surface area contributed by atoms with Crippen molar-refractivity contribution in [2.75, 3.05) is 23.7 Å². The second kappa shape index (κ2) is 9.39. The van der Waals surface area contributed by atoms with Crippen molar-refractivity contribution in [3.05, 3.63) is 48.2 Å². The molecule has 0 unspecified atom stereocenters. The number of fused-ring (bicyclic) bond motifs is 1. The minimum absolute atomic E-state index is 0.0147. The highest BCUT2D eigenvalue weighted by atomic mass is 32.2. The van der Waals surface area contributed by atoms with E-state index >= 15 is 0 Å². The molecule has 1 aliphatic heterocycles. The zero-order valence-electron chi connectivity index (χ0n) is 15.8. The molecule has 2 aromatic heterocycles. The second-order valence-electron chi connectivity index (χ2n) is 6.94. The van der Waals surface area contributed by atoms with Crippen molar-refractivity contribution in [2.24, 2.45) is 0 Å². The Morgan fingerprint density at radius 3 is 2.68 bits per heavy atom. The van der Waals surface area contributed by atoms with Crippen molar-refractivity contribution in [1.29, 1.82) is 0 Å². The standard InChI is InChI=1S/C21H24N4OS2/c26-20(15-27-21-24-17-7-3-4-8-18(17)28-21)23-14-16-9-10-19(22-13-16)25-11-5-1-2-6-12-25/h3-4,7-10,13H,1-2,5-6,11-12,14-15H2,(H,23,26). The lowest BCUT2D eigenvalue weighted by Crippen LogP contribution is -2.26. The van der Waals surface area contributed by atoms with Crippen LogP contribution in [0.4, 0.5) is 5.82 Å². The van der Waals surface area contributed by atoms with Gasteiger partial charge in [0.25, 0.3) is 0 Å². The number of anilines is 1. The molecule has 1 aromatic carbocycles. The molecule has 0 bridgehead atoms. The summed E-state index contributed by atoms with van der Waals surface area (Å²) < 4.78 is 2.08. The molecule has 28 heavy (non-hydrogen) atoms. The minimum atomic E-state index is 0.0147. The van der Waals surface area contributed by atoms with Crippen LogP contribution in [-0.2, 0) is 11.3 Å². The van der Waals surface area contributed by atoms with Crippen LogP contribution in [0.15, 0.2) is 46.9 Å². The molecule has 1 fully saturated rings. The number of aromatic nitrogens is 2. The van der Waals surface area contributed by atoms with E-state index in [1.165, 1.54) is 37.4 Å². The Balaban J connectivity index is 1.25. The molecule has 4 rings (SSSR count). The van der Waals surface area contributed by atoms with Gasteiger partial charge in [0.05, 0.1) is 16.0 Å². The molecule has 0 radical (unpaired) electrons. The Morgan fingerprint density at radius 1 is 1.11 bits per heavy atom.